The van der Waals surface area contributed by atoms with Gasteiger partial charge in [-0.15, -0.1) is 0 Å². The summed E-state index contributed by atoms with van der Waals surface area (Å²) in [6, 6.07) is -0.250. The Labute approximate surface area is 91.1 Å². The molecule has 4 nitrogen and oxygen atoms in total. The predicted octanol–water partition coefficient (Wildman–Crippen LogP) is 1.22. The minimum Gasteiger partial charge on any atom is -0.474 e. The van der Waals surface area contributed by atoms with Crippen molar-refractivity contribution in [3.05, 3.63) is 12.5 Å². The standard InChI is InChI=1S/C11H20N2O2/c1-8(15-11(2,3)4)13-7-5-6-9(13)10(12)14/h9H,1,5-7H2,2-4H3,(H2,12,14). The van der Waals surface area contributed by atoms with E-state index in [-0.39, 0.29) is 17.6 Å². The van der Waals surface area contributed by atoms with Crippen molar-refractivity contribution in [1.29, 1.82) is 0 Å². The van der Waals surface area contributed by atoms with Crippen LogP contribution in [0.4, 0.5) is 0 Å². The van der Waals surface area contributed by atoms with Crippen LogP contribution >= 0.6 is 0 Å². The number of hydrogen-bond donors (Lipinski definition) is 1. The Kier molecular flexibility index (Phi) is 3.27. The van der Waals surface area contributed by atoms with Gasteiger partial charge in [0, 0.05) is 6.54 Å². The van der Waals surface area contributed by atoms with Gasteiger partial charge in [0.25, 0.3) is 0 Å². The van der Waals surface area contributed by atoms with Gasteiger partial charge >= 0.3 is 0 Å². The molecule has 0 aromatic carbocycles. The van der Waals surface area contributed by atoms with Gasteiger partial charge in [-0.05, 0) is 40.2 Å². The zero-order valence-electron chi connectivity index (χ0n) is 9.75. The number of primary amides is 1. The van der Waals surface area contributed by atoms with Crippen LogP contribution in [0.25, 0.3) is 0 Å². The van der Waals surface area contributed by atoms with E-state index in [9.17, 15) is 4.79 Å². The van der Waals surface area contributed by atoms with Crippen molar-refractivity contribution in [3.8, 4) is 0 Å². The Balaban J connectivity index is 2.63. The van der Waals surface area contributed by atoms with Crippen molar-refractivity contribution in [2.45, 2.75) is 45.3 Å². The SMILES string of the molecule is C=C(OC(C)(C)C)N1CCCC1C(N)=O. The lowest BCUT2D eigenvalue weighted by atomic mass is 10.2. The summed E-state index contributed by atoms with van der Waals surface area (Å²) in [5.74, 6) is 0.245. The zero-order valence-corrected chi connectivity index (χ0v) is 9.75. The van der Waals surface area contributed by atoms with Gasteiger partial charge < -0.3 is 15.4 Å². The summed E-state index contributed by atoms with van der Waals surface area (Å²) in [4.78, 5) is 13.0. The molecule has 0 aromatic heterocycles. The highest BCUT2D eigenvalue weighted by Crippen LogP contribution is 2.24. The van der Waals surface area contributed by atoms with Crippen molar-refractivity contribution in [3.63, 3.8) is 0 Å². The molecule has 0 saturated carbocycles. The third-order valence-electron chi connectivity index (χ3n) is 2.33. The average molecular weight is 212 g/mol. The molecule has 4 heteroatoms. The second-order valence-electron chi connectivity index (χ2n) is 4.86. The fourth-order valence-corrected chi connectivity index (χ4v) is 1.77. The number of carbonyl (C=O) groups is 1. The molecule has 1 heterocycles. The van der Waals surface area contributed by atoms with E-state index in [0.717, 1.165) is 19.4 Å². The molecular formula is C11H20N2O2. The van der Waals surface area contributed by atoms with Crippen molar-refractivity contribution in [2.75, 3.05) is 6.54 Å². The molecular weight excluding hydrogens is 192 g/mol. The molecule has 15 heavy (non-hydrogen) atoms. The van der Waals surface area contributed by atoms with Gasteiger partial charge in [-0.1, -0.05) is 0 Å². The van der Waals surface area contributed by atoms with E-state index >= 15 is 0 Å². The summed E-state index contributed by atoms with van der Waals surface area (Å²) in [5, 5.41) is 0. The quantitative estimate of drug-likeness (QED) is 0.716. The largest absolute Gasteiger partial charge is 0.474 e. The van der Waals surface area contributed by atoms with Gasteiger partial charge in [0.1, 0.15) is 11.6 Å². The Morgan fingerprint density at radius 3 is 2.60 bits per heavy atom. The third-order valence-corrected chi connectivity index (χ3v) is 2.33. The number of amides is 1. The molecule has 86 valence electrons. The van der Waals surface area contributed by atoms with Gasteiger partial charge in [0.15, 0.2) is 5.88 Å². The monoisotopic (exact) mass is 212 g/mol. The number of nitrogens with two attached hydrogens (primary N) is 1. The molecule has 1 aliphatic heterocycles. The summed E-state index contributed by atoms with van der Waals surface area (Å²) in [6.07, 6.45) is 1.75. The first-order valence-electron chi connectivity index (χ1n) is 5.25. The second-order valence-corrected chi connectivity index (χ2v) is 4.86. The van der Waals surface area contributed by atoms with Crippen LogP contribution in [0, 0.1) is 0 Å². The van der Waals surface area contributed by atoms with Crippen molar-refractivity contribution < 1.29 is 9.53 Å². The van der Waals surface area contributed by atoms with E-state index in [1.165, 1.54) is 0 Å². The molecule has 0 spiro atoms. The lowest BCUT2D eigenvalue weighted by molar-refractivity contribution is -0.123. The van der Waals surface area contributed by atoms with Gasteiger partial charge in [0.2, 0.25) is 5.91 Å². The maximum atomic E-state index is 11.2. The van der Waals surface area contributed by atoms with E-state index in [4.69, 9.17) is 10.5 Å². The van der Waals surface area contributed by atoms with E-state index in [2.05, 4.69) is 6.58 Å². The van der Waals surface area contributed by atoms with Crippen LogP contribution in [-0.4, -0.2) is 29.0 Å². The maximum Gasteiger partial charge on any atom is 0.240 e. The molecule has 0 bridgehead atoms. The van der Waals surface area contributed by atoms with E-state index in [1.807, 2.05) is 25.7 Å². The molecule has 1 aliphatic rings. The van der Waals surface area contributed by atoms with Crippen LogP contribution in [-0.2, 0) is 9.53 Å². The number of carbonyl (C=O) groups excluding carboxylic acids is 1. The highest BCUT2D eigenvalue weighted by molar-refractivity contribution is 5.80. The number of ether oxygens (including phenoxy) is 1. The van der Waals surface area contributed by atoms with Crippen molar-refractivity contribution >= 4 is 5.91 Å². The van der Waals surface area contributed by atoms with E-state index in [1.54, 1.807) is 0 Å². The normalized spacial score (nSPS) is 21.5. The van der Waals surface area contributed by atoms with E-state index in [0.29, 0.717) is 5.88 Å². The van der Waals surface area contributed by atoms with Gasteiger partial charge in [-0.3, -0.25) is 4.79 Å². The zero-order chi connectivity index (χ0) is 11.6. The van der Waals surface area contributed by atoms with Crippen LogP contribution in [0.1, 0.15) is 33.6 Å². The average Bonchev–Trinajstić information content (AvgIpc) is 2.47. The van der Waals surface area contributed by atoms with Crippen LogP contribution in [0.5, 0.6) is 0 Å². The van der Waals surface area contributed by atoms with Crippen LogP contribution in [0.15, 0.2) is 12.5 Å². The highest BCUT2D eigenvalue weighted by Gasteiger charge is 2.31. The molecule has 1 fully saturated rings. The molecule has 0 aromatic rings. The fourth-order valence-electron chi connectivity index (χ4n) is 1.77. The number of likely N-dealkylation sites (tertiary alicyclic amines) is 1. The Hall–Kier alpha value is -1.19. The maximum absolute atomic E-state index is 11.2. The summed E-state index contributed by atoms with van der Waals surface area (Å²) >= 11 is 0. The molecule has 2 N–H and O–H groups in total. The van der Waals surface area contributed by atoms with Gasteiger partial charge in [-0.25, -0.2) is 0 Å². The molecule has 1 unspecified atom stereocenters. The van der Waals surface area contributed by atoms with Crippen LogP contribution in [0.3, 0.4) is 0 Å². The lowest BCUT2D eigenvalue weighted by Gasteiger charge is -2.31. The number of rotatable bonds is 3. The molecule has 0 radical (unpaired) electrons. The smallest absolute Gasteiger partial charge is 0.240 e. The molecule has 1 amide bonds. The fraction of sp³-hybridized carbons (Fsp3) is 0.727. The van der Waals surface area contributed by atoms with Gasteiger partial charge in [-0.2, -0.15) is 0 Å². The van der Waals surface area contributed by atoms with Gasteiger partial charge in [0.05, 0.1) is 0 Å². The minimum absolute atomic E-state index is 0.250. The minimum atomic E-state index is -0.300. The number of hydrogen-bond acceptors (Lipinski definition) is 3. The Bertz CT molecular complexity index is 268. The number of nitrogens with zero attached hydrogens (tertiary/aromatic N) is 1. The molecule has 1 saturated heterocycles. The summed E-state index contributed by atoms with van der Waals surface area (Å²) in [5.41, 5.74) is 5.02. The first-order chi connectivity index (χ1) is 6.81. The van der Waals surface area contributed by atoms with E-state index < -0.39 is 0 Å². The van der Waals surface area contributed by atoms with Crippen LogP contribution in [0.2, 0.25) is 0 Å². The van der Waals surface area contributed by atoms with Crippen LogP contribution < -0.4 is 5.73 Å². The van der Waals surface area contributed by atoms with Crippen molar-refractivity contribution in [2.24, 2.45) is 5.73 Å². The topological polar surface area (TPSA) is 55.6 Å². The first-order valence-corrected chi connectivity index (χ1v) is 5.25. The predicted molar refractivity (Wildman–Crippen MR) is 58.9 cm³/mol. The summed E-state index contributed by atoms with van der Waals surface area (Å²) in [7, 11) is 0. The first kappa shape index (κ1) is 11.9. The third kappa shape index (κ3) is 3.15. The Morgan fingerprint density at radius 2 is 2.13 bits per heavy atom. The van der Waals surface area contributed by atoms with Crippen molar-refractivity contribution in [1.82, 2.24) is 4.90 Å². The Morgan fingerprint density at radius 1 is 1.53 bits per heavy atom. The molecule has 1 atom stereocenters. The lowest BCUT2D eigenvalue weighted by Crippen LogP contribution is -2.41. The molecule has 0 aliphatic carbocycles. The molecule has 1 rings (SSSR count). The highest BCUT2D eigenvalue weighted by atomic mass is 16.5. The summed E-state index contributed by atoms with van der Waals surface area (Å²) < 4.78 is 5.63. The summed E-state index contributed by atoms with van der Waals surface area (Å²) in [6.45, 7) is 10.5. The second kappa shape index (κ2) is 4.13.